The van der Waals surface area contributed by atoms with E-state index in [1.165, 1.54) is 0 Å². The van der Waals surface area contributed by atoms with E-state index in [0.29, 0.717) is 33.9 Å². The smallest absolute Gasteiger partial charge is 0.243 e. The molecule has 2 saturated heterocycles. The molecule has 1 N–H and O–H groups in total. The third-order valence-electron chi connectivity index (χ3n) is 5.08. The molecule has 2 fully saturated rings. The zero-order chi connectivity index (χ0) is 15.4. The minimum absolute atomic E-state index is 0.330. The standard InChI is InChI=1S/C15H21ClN2O2S/c1-10-13(16)5-4-6-14(10)21(19,20)18-9-11-7-17-8-12(11)15(18,2)3/h4-6,11-12,17H,7-9H2,1-3H3. The number of halogens is 1. The largest absolute Gasteiger partial charge is 0.316 e. The van der Waals surface area contributed by atoms with E-state index < -0.39 is 10.0 Å². The van der Waals surface area contributed by atoms with Crippen LogP contribution in [0.4, 0.5) is 0 Å². The lowest BCUT2D eigenvalue weighted by Gasteiger charge is -2.35. The second kappa shape index (κ2) is 4.95. The first-order valence-electron chi connectivity index (χ1n) is 7.25. The van der Waals surface area contributed by atoms with Crippen molar-refractivity contribution in [1.82, 2.24) is 9.62 Å². The summed E-state index contributed by atoms with van der Waals surface area (Å²) in [5, 5.41) is 3.86. The second-order valence-corrected chi connectivity index (χ2v) is 8.82. The van der Waals surface area contributed by atoms with Crippen molar-refractivity contribution in [3.05, 3.63) is 28.8 Å². The molecule has 0 amide bonds. The Bertz CT molecular complexity index is 672. The van der Waals surface area contributed by atoms with Gasteiger partial charge in [0.25, 0.3) is 0 Å². The molecule has 6 heteroatoms. The maximum Gasteiger partial charge on any atom is 0.243 e. The van der Waals surface area contributed by atoms with Crippen LogP contribution in [-0.2, 0) is 10.0 Å². The van der Waals surface area contributed by atoms with Gasteiger partial charge in [-0.1, -0.05) is 17.7 Å². The number of rotatable bonds is 2. The monoisotopic (exact) mass is 328 g/mol. The molecule has 1 aromatic rings. The van der Waals surface area contributed by atoms with E-state index in [1.807, 2.05) is 13.8 Å². The molecule has 0 aromatic heterocycles. The summed E-state index contributed by atoms with van der Waals surface area (Å²) in [7, 11) is -3.52. The Morgan fingerprint density at radius 2 is 2.05 bits per heavy atom. The highest BCUT2D eigenvalue weighted by Gasteiger charge is 2.54. The average molecular weight is 329 g/mol. The zero-order valence-electron chi connectivity index (χ0n) is 12.6. The predicted molar refractivity (Wildman–Crippen MR) is 84.0 cm³/mol. The maximum absolute atomic E-state index is 13.1. The summed E-state index contributed by atoms with van der Waals surface area (Å²) in [6, 6.07) is 5.08. The van der Waals surface area contributed by atoms with Crippen LogP contribution in [-0.4, -0.2) is 37.9 Å². The van der Waals surface area contributed by atoms with Crippen LogP contribution in [0.5, 0.6) is 0 Å². The fourth-order valence-electron chi connectivity index (χ4n) is 3.78. The first kappa shape index (κ1) is 15.3. The van der Waals surface area contributed by atoms with Crippen LogP contribution in [0.15, 0.2) is 23.1 Å². The zero-order valence-corrected chi connectivity index (χ0v) is 14.1. The molecule has 0 saturated carbocycles. The predicted octanol–water partition coefficient (Wildman–Crippen LogP) is 2.27. The van der Waals surface area contributed by atoms with Gasteiger partial charge in [-0.3, -0.25) is 0 Å². The highest BCUT2D eigenvalue weighted by molar-refractivity contribution is 7.89. The van der Waals surface area contributed by atoms with E-state index in [2.05, 4.69) is 5.32 Å². The minimum atomic E-state index is -3.52. The number of hydrogen-bond acceptors (Lipinski definition) is 3. The van der Waals surface area contributed by atoms with Crippen LogP contribution in [0, 0.1) is 18.8 Å². The molecule has 2 unspecified atom stereocenters. The van der Waals surface area contributed by atoms with Gasteiger partial charge in [0.05, 0.1) is 4.90 Å². The molecule has 0 spiro atoms. The Hall–Kier alpha value is -0.620. The Morgan fingerprint density at radius 1 is 1.33 bits per heavy atom. The van der Waals surface area contributed by atoms with Crippen molar-refractivity contribution < 1.29 is 8.42 Å². The van der Waals surface area contributed by atoms with Crippen LogP contribution in [0.1, 0.15) is 19.4 Å². The van der Waals surface area contributed by atoms with Crippen molar-refractivity contribution in [2.24, 2.45) is 11.8 Å². The number of hydrogen-bond donors (Lipinski definition) is 1. The molecule has 2 aliphatic heterocycles. The molecule has 2 heterocycles. The number of sulfonamides is 1. The second-order valence-electron chi connectivity index (χ2n) is 6.58. The van der Waals surface area contributed by atoms with E-state index in [1.54, 1.807) is 29.4 Å². The highest BCUT2D eigenvalue weighted by Crippen LogP contribution is 2.44. The summed E-state index contributed by atoms with van der Waals surface area (Å²) in [6.07, 6.45) is 0. The molecule has 2 aliphatic rings. The topological polar surface area (TPSA) is 49.4 Å². The summed E-state index contributed by atoms with van der Waals surface area (Å²) in [5.41, 5.74) is 0.257. The van der Waals surface area contributed by atoms with Gasteiger partial charge >= 0.3 is 0 Å². The van der Waals surface area contributed by atoms with Crippen molar-refractivity contribution in [2.45, 2.75) is 31.2 Å². The molecule has 0 aliphatic carbocycles. The summed E-state index contributed by atoms with van der Waals surface area (Å²) in [6.45, 7) is 8.19. The third kappa shape index (κ3) is 2.22. The molecule has 1 aromatic carbocycles. The van der Waals surface area contributed by atoms with Gasteiger partial charge in [-0.2, -0.15) is 4.31 Å². The Kier molecular flexibility index (Phi) is 3.60. The van der Waals surface area contributed by atoms with E-state index >= 15 is 0 Å². The summed E-state index contributed by atoms with van der Waals surface area (Å²) in [4.78, 5) is 0.330. The normalized spacial score (nSPS) is 28.8. The molecule has 116 valence electrons. The lowest BCUT2D eigenvalue weighted by atomic mass is 9.85. The molecule has 0 bridgehead atoms. The Balaban J connectivity index is 2.05. The fourth-order valence-corrected chi connectivity index (χ4v) is 6.14. The maximum atomic E-state index is 13.1. The molecule has 3 rings (SSSR count). The number of nitrogens with zero attached hydrogens (tertiary/aromatic N) is 1. The van der Waals surface area contributed by atoms with Gasteiger partial charge in [-0.25, -0.2) is 8.42 Å². The van der Waals surface area contributed by atoms with Crippen LogP contribution in [0.2, 0.25) is 5.02 Å². The molecule has 0 radical (unpaired) electrons. The van der Waals surface area contributed by atoms with Gasteiger partial charge in [0.1, 0.15) is 0 Å². The van der Waals surface area contributed by atoms with Gasteiger partial charge in [0.2, 0.25) is 10.0 Å². The molecular formula is C15H21ClN2O2S. The van der Waals surface area contributed by atoms with Crippen molar-refractivity contribution in [1.29, 1.82) is 0 Å². The van der Waals surface area contributed by atoms with E-state index in [4.69, 9.17) is 11.6 Å². The van der Waals surface area contributed by atoms with E-state index in [0.717, 1.165) is 13.1 Å². The lowest BCUT2D eigenvalue weighted by molar-refractivity contribution is 0.233. The molecular weight excluding hydrogens is 308 g/mol. The SMILES string of the molecule is Cc1c(Cl)cccc1S(=O)(=O)N1CC2CNCC2C1(C)C. The number of benzene rings is 1. The van der Waals surface area contributed by atoms with E-state index in [9.17, 15) is 8.42 Å². The minimum Gasteiger partial charge on any atom is -0.316 e. The number of nitrogens with one attached hydrogen (secondary N) is 1. The third-order valence-corrected chi connectivity index (χ3v) is 7.68. The lowest BCUT2D eigenvalue weighted by Crippen LogP contribution is -2.47. The van der Waals surface area contributed by atoms with Crippen molar-refractivity contribution in [3.8, 4) is 0 Å². The van der Waals surface area contributed by atoms with Gasteiger partial charge < -0.3 is 5.32 Å². The van der Waals surface area contributed by atoms with Gasteiger partial charge in [-0.05, 0) is 56.8 Å². The van der Waals surface area contributed by atoms with Crippen LogP contribution < -0.4 is 5.32 Å². The first-order valence-corrected chi connectivity index (χ1v) is 9.06. The Morgan fingerprint density at radius 3 is 2.71 bits per heavy atom. The van der Waals surface area contributed by atoms with Crippen LogP contribution >= 0.6 is 11.6 Å². The Labute approximate surface area is 131 Å². The molecule has 21 heavy (non-hydrogen) atoms. The number of fused-ring (bicyclic) bond motifs is 1. The highest BCUT2D eigenvalue weighted by atomic mass is 35.5. The summed E-state index contributed by atoms with van der Waals surface area (Å²) >= 11 is 6.10. The fraction of sp³-hybridized carbons (Fsp3) is 0.600. The van der Waals surface area contributed by atoms with Crippen LogP contribution in [0.25, 0.3) is 0 Å². The van der Waals surface area contributed by atoms with Crippen LogP contribution in [0.3, 0.4) is 0 Å². The van der Waals surface area contributed by atoms with E-state index in [-0.39, 0.29) is 5.54 Å². The molecule has 4 nitrogen and oxygen atoms in total. The van der Waals surface area contributed by atoms with Gasteiger partial charge in [0, 0.05) is 23.7 Å². The van der Waals surface area contributed by atoms with Crippen molar-refractivity contribution >= 4 is 21.6 Å². The van der Waals surface area contributed by atoms with Crippen molar-refractivity contribution in [3.63, 3.8) is 0 Å². The quantitative estimate of drug-likeness (QED) is 0.906. The first-order chi connectivity index (χ1) is 9.76. The molecule has 2 atom stereocenters. The summed E-state index contributed by atoms with van der Waals surface area (Å²) in [5.74, 6) is 0.765. The van der Waals surface area contributed by atoms with Crippen molar-refractivity contribution in [2.75, 3.05) is 19.6 Å². The van der Waals surface area contributed by atoms with Gasteiger partial charge in [-0.15, -0.1) is 0 Å². The van der Waals surface area contributed by atoms with Gasteiger partial charge in [0.15, 0.2) is 0 Å². The summed E-state index contributed by atoms with van der Waals surface area (Å²) < 4.78 is 27.9. The average Bonchev–Trinajstić information content (AvgIpc) is 2.95.